The van der Waals surface area contributed by atoms with Gasteiger partial charge in [0.2, 0.25) is 5.91 Å². The minimum atomic E-state index is 0.0399. The molecule has 0 unspecified atom stereocenters. The Bertz CT molecular complexity index is 499. The molecule has 1 aromatic carbocycles. The minimum Gasteiger partial charge on any atom is -0.494 e. The monoisotopic (exact) mass is 320 g/mol. The summed E-state index contributed by atoms with van der Waals surface area (Å²) in [5.74, 6) is 2.12. The van der Waals surface area contributed by atoms with Crippen LogP contribution in [0.4, 0.5) is 5.69 Å². The zero-order valence-corrected chi connectivity index (χ0v) is 14.2. The van der Waals surface area contributed by atoms with E-state index in [0.717, 1.165) is 38.1 Å². The van der Waals surface area contributed by atoms with Gasteiger partial charge in [-0.2, -0.15) is 0 Å². The van der Waals surface area contributed by atoms with Crippen molar-refractivity contribution in [1.29, 1.82) is 0 Å². The molecule has 1 saturated heterocycles. The van der Waals surface area contributed by atoms with E-state index in [4.69, 9.17) is 9.47 Å². The molecule has 1 fully saturated rings. The van der Waals surface area contributed by atoms with Crippen molar-refractivity contribution < 1.29 is 14.3 Å². The van der Waals surface area contributed by atoms with Gasteiger partial charge in [-0.25, -0.2) is 0 Å². The van der Waals surface area contributed by atoms with Gasteiger partial charge < -0.3 is 20.1 Å². The molecule has 1 aliphatic rings. The number of nitrogens with one attached hydrogen (secondary N) is 2. The number of rotatable bonds is 8. The molecule has 1 heterocycles. The summed E-state index contributed by atoms with van der Waals surface area (Å²) in [6.45, 7) is 7.16. The highest BCUT2D eigenvalue weighted by molar-refractivity contribution is 5.92. The summed E-state index contributed by atoms with van der Waals surface area (Å²) in [6, 6.07) is 5.53. The first kappa shape index (κ1) is 17.6. The third kappa shape index (κ3) is 5.75. The molecular weight excluding hydrogens is 292 g/mol. The molecule has 0 radical (unpaired) electrons. The summed E-state index contributed by atoms with van der Waals surface area (Å²) in [5, 5.41) is 6.33. The number of amides is 1. The molecule has 0 spiro atoms. The molecular formula is C18H28N2O3. The van der Waals surface area contributed by atoms with Crippen molar-refractivity contribution in [3.8, 4) is 11.5 Å². The van der Waals surface area contributed by atoms with E-state index in [2.05, 4.69) is 10.6 Å². The second-order valence-corrected chi connectivity index (χ2v) is 5.80. The molecule has 128 valence electrons. The van der Waals surface area contributed by atoms with E-state index in [0.29, 0.717) is 37.0 Å². The van der Waals surface area contributed by atoms with Gasteiger partial charge in [0, 0.05) is 12.5 Å². The lowest BCUT2D eigenvalue weighted by molar-refractivity contribution is -0.116. The number of benzene rings is 1. The van der Waals surface area contributed by atoms with E-state index in [1.807, 2.05) is 32.0 Å². The number of carbonyl (C=O) groups is 1. The maximum absolute atomic E-state index is 12.3. The van der Waals surface area contributed by atoms with Crippen LogP contribution in [0.25, 0.3) is 0 Å². The Morgan fingerprint density at radius 1 is 1.22 bits per heavy atom. The van der Waals surface area contributed by atoms with E-state index in [1.54, 1.807) is 0 Å². The first-order valence-electron chi connectivity index (χ1n) is 8.63. The van der Waals surface area contributed by atoms with Crippen molar-refractivity contribution in [3.05, 3.63) is 18.2 Å². The Morgan fingerprint density at radius 2 is 1.96 bits per heavy atom. The van der Waals surface area contributed by atoms with Gasteiger partial charge in [0.15, 0.2) is 0 Å². The smallest absolute Gasteiger partial charge is 0.224 e. The van der Waals surface area contributed by atoms with Gasteiger partial charge in [-0.3, -0.25) is 4.79 Å². The number of anilines is 1. The number of hydrogen-bond donors (Lipinski definition) is 2. The Kier molecular flexibility index (Phi) is 7.20. The summed E-state index contributed by atoms with van der Waals surface area (Å²) >= 11 is 0. The third-order valence-corrected chi connectivity index (χ3v) is 4.07. The second-order valence-electron chi connectivity index (χ2n) is 5.80. The van der Waals surface area contributed by atoms with Crippen LogP contribution in [0.3, 0.4) is 0 Å². The van der Waals surface area contributed by atoms with Gasteiger partial charge in [-0.1, -0.05) is 0 Å². The predicted octanol–water partition coefficient (Wildman–Crippen LogP) is 3.20. The van der Waals surface area contributed by atoms with Crippen LogP contribution in [0.1, 0.15) is 39.5 Å². The zero-order valence-electron chi connectivity index (χ0n) is 14.2. The van der Waals surface area contributed by atoms with Gasteiger partial charge >= 0.3 is 0 Å². The van der Waals surface area contributed by atoms with E-state index >= 15 is 0 Å². The van der Waals surface area contributed by atoms with E-state index < -0.39 is 0 Å². The molecule has 0 saturated carbocycles. The van der Waals surface area contributed by atoms with Crippen LogP contribution in [0.5, 0.6) is 11.5 Å². The van der Waals surface area contributed by atoms with Crippen LogP contribution in [-0.2, 0) is 4.79 Å². The Hall–Kier alpha value is -1.75. The molecule has 1 amide bonds. The molecule has 0 atom stereocenters. The first-order chi connectivity index (χ1) is 11.2. The van der Waals surface area contributed by atoms with E-state index in [-0.39, 0.29) is 5.91 Å². The lowest BCUT2D eigenvalue weighted by Crippen LogP contribution is -2.28. The predicted molar refractivity (Wildman–Crippen MR) is 92.2 cm³/mol. The van der Waals surface area contributed by atoms with E-state index in [1.165, 1.54) is 0 Å². The molecule has 23 heavy (non-hydrogen) atoms. The van der Waals surface area contributed by atoms with Crippen LogP contribution in [0.2, 0.25) is 0 Å². The van der Waals surface area contributed by atoms with Gasteiger partial charge in [-0.05, 0) is 64.3 Å². The van der Waals surface area contributed by atoms with E-state index in [9.17, 15) is 4.79 Å². The number of carbonyl (C=O) groups excluding carboxylic acids is 1. The topological polar surface area (TPSA) is 59.6 Å². The van der Waals surface area contributed by atoms with Gasteiger partial charge in [0.05, 0.1) is 18.9 Å². The third-order valence-electron chi connectivity index (χ3n) is 4.07. The van der Waals surface area contributed by atoms with Crippen LogP contribution in [-0.4, -0.2) is 32.2 Å². The summed E-state index contributed by atoms with van der Waals surface area (Å²) in [6.07, 6.45) is 3.83. The summed E-state index contributed by atoms with van der Waals surface area (Å²) < 4.78 is 11.1. The highest BCUT2D eigenvalue weighted by Crippen LogP contribution is 2.30. The van der Waals surface area contributed by atoms with Gasteiger partial charge in [0.1, 0.15) is 11.5 Å². The standard InChI is InChI=1S/C18H28N2O3/c1-3-22-15-6-7-17(23-4-2)16(13-15)20-18(21)8-5-14-9-11-19-12-10-14/h6-7,13-14,19H,3-5,8-12H2,1-2H3,(H,20,21). The van der Waals surface area contributed by atoms with Crippen molar-refractivity contribution in [3.63, 3.8) is 0 Å². The zero-order chi connectivity index (χ0) is 16.5. The van der Waals surface area contributed by atoms with Gasteiger partial charge in [-0.15, -0.1) is 0 Å². The molecule has 0 aromatic heterocycles. The fourth-order valence-corrected chi connectivity index (χ4v) is 2.86. The molecule has 0 bridgehead atoms. The fraction of sp³-hybridized carbons (Fsp3) is 0.611. The van der Waals surface area contributed by atoms with Crippen LogP contribution < -0.4 is 20.1 Å². The Balaban J connectivity index is 1.93. The Labute approximate surface area is 138 Å². The molecule has 1 aromatic rings. The number of hydrogen-bond acceptors (Lipinski definition) is 4. The van der Waals surface area contributed by atoms with Gasteiger partial charge in [0.25, 0.3) is 0 Å². The fourth-order valence-electron chi connectivity index (χ4n) is 2.86. The maximum atomic E-state index is 12.3. The normalized spacial score (nSPS) is 15.2. The van der Waals surface area contributed by atoms with Crippen LogP contribution in [0, 0.1) is 5.92 Å². The number of piperidine rings is 1. The van der Waals surface area contributed by atoms with Crippen LogP contribution >= 0.6 is 0 Å². The molecule has 2 N–H and O–H groups in total. The molecule has 5 nitrogen and oxygen atoms in total. The molecule has 1 aliphatic heterocycles. The quantitative estimate of drug-likeness (QED) is 0.772. The van der Waals surface area contributed by atoms with Crippen molar-refractivity contribution >= 4 is 11.6 Å². The first-order valence-corrected chi connectivity index (χ1v) is 8.63. The second kappa shape index (κ2) is 9.40. The van der Waals surface area contributed by atoms with Crippen LogP contribution in [0.15, 0.2) is 18.2 Å². The van der Waals surface area contributed by atoms with Crippen molar-refractivity contribution in [1.82, 2.24) is 5.32 Å². The van der Waals surface area contributed by atoms with Crippen molar-refractivity contribution in [2.75, 3.05) is 31.6 Å². The molecule has 5 heteroatoms. The Morgan fingerprint density at radius 3 is 2.65 bits per heavy atom. The highest BCUT2D eigenvalue weighted by Gasteiger charge is 2.15. The molecule has 0 aliphatic carbocycles. The summed E-state index contributed by atoms with van der Waals surface area (Å²) in [5.41, 5.74) is 0.688. The highest BCUT2D eigenvalue weighted by atomic mass is 16.5. The minimum absolute atomic E-state index is 0.0399. The summed E-state index contributed by atoms with van der Waals surface area (Å²) in [4.78, 5) is 12.3. The number of ether oxygens (including phenoxy) is 2. The average molecular weight is 320 g/mol. The average Bonchev–Trinajstić information content (AvgIpc) is 2.57. The largest absolute Gasteiger partial charge is 0.494 e. The molecule has 2 rings (SSSR count). The van der Waals surface area contributed by atoms with Crippen molar-refractivity contribution in [2.24, 2.45) is 5.92 Å². The van der Waals surface area contributed by atoms with Crippen molar-refractivity contribution in [2.45, 2.75) is 39.5 Å². The summed E-state index contributed by atoms with van der Waals surface area (Å²) in [7, 11) is 0. The SMILES string of the molecule is CCOc1ccc(OCC)c(NC(=O)CCC2CCNCC2)c1. The maximum Gasteiger partial charge on any atom is 0.224 e. The lowest BCUT2D eigenvalue weighted by Gasteiger charge is -2.22. The lowest BCUT2D eigenvalue weighted by atomic mass is 9.93.